The fourth-order valence-electron chi connectivity index (χ4n) is 12.6. The Morgan fingerprint density at radius 1 is 1.14 bits per heavy atom. The Balaban J connectivity index is 1.20. The predicted molar refractivity (Wildman–Crippen MR) is 164 cm³/mol. The number of epoxide rings is 1. The van der Waals surface area contributed by atoms with Crippen molar-refractivity contribution in [2.75, 3.05) is 0 Å². The van der Waals surface area contributed by atoms with Crippen LogP contribution in [0.4, 0.5) is 0 Å². The molecule has 8 aliphatic rings. The maximum atomic E-state index is 13.2. The lowest BCUT2D eigenvalue weighted by molar-refractivity contribution is -0.274. The average Bonchev–Trinajstić information content (AvgIpc) is 3.55. The number of fused-ring (bicyclic) bond motifs is 5. The van der Waals surface area contributed by atoms with Crippen LogP contribution in [0.25, 0.3) is 10.9 Å². The average molecular weight is 620 g/mol. The molecule has 5 fully saturated rings. The number of aliphatic hydroxyl groups excluding tert-OH is 1. The van der Waals surface area contributed by atoms with Gasteiger partial charge in [0.25, 0.3) is 0 Å². The van der Waals surface area contributed by atoms with Gasteiger partial charge in [0, 0.05) is 55.8 Å². The third-order valence-electron chi connectivity index (χ3n) is 14.9. The van der Waals surface area contributed by atoms with Crippen LogP contribution in [-0.2, 0) is 31.6 Å². The van der Waals surface area contributed by atoms with E-state index in [0.29, 0.717) is 17.9 Å². The summed E-state index contributed by atoms with van der Waals surface area (Å²) < 4.78 is 20.1. The van der Waals surface area contributed by atoms with E-state index in [2.05, 4.69) is 38.9 Å². The molecule has 3 aliphatic heterocycles. The molecular weight excluding hydrogens is 578 g/mol. The van der Waals surface area contributed by atoms with Gasteiger partial charge in [-0.25, -0.2) is 0 Å². The van der Waals surface area contributed by atoms with Gasteiger partial charge >= 0.3 is 0 Å². The highest BCUT2D eigenvalue weighted by atomic mass is 35.5. The molecule has 3 saturated carbocycles. The van der Waals surface area contributed by atoms with E-state index in [1.165, 1.54) is 0 Å². The number of ether oxygens (including phenoxy) is 3. The van der Waals surface area contributed by atoms with E-state index >= 15 is 0 Å². The molecule has 0 bridgehead atoms. The van der Waals surface area contributed by atoms with E-state index in [1.54, 1.807) is 0 Å². The highest BCUT2D eigenvalue weighted by Crippen LogP contribution is 2.77. The Bertz CT molecular complexity index is 1750. The molecule has 1 aromatic heterocycles. The number of aromatic amines is 1. The smallest absolute Gasteiger partial charge is 0.153 e. The molecule has 10 rings (SSSR count). The molecule has 4 N–H and O–H groups in total. The highest BCUT2D eigenvalue weighted by molar-refractivity contribution is 6.32. The Kier molecular flexibility index (Phi) is 4.80. The van der Waals surface area contributed by atoms with Gasteiger partial charge in [0.15, 0.2) is 5.60 Å². The Labute approximate surface area is 262 Å². The molecule has 44 heavy (non-hydrogen) atoms. The zero-order chi connectivity index (χ0) is 30.7. The SMILES string of the molecule is C=C(C)[C@H]1O[C@H]2CC[C@@]3(C)[C@@](O)(CC[C@H]4[C@@H]5O[C@H](C)[C@H]6C[C@@H]7C(=C)Cc8c(Cl)cc9[nH]c(c5c9c8[C@@]76O)[C@@]43C)[C@]23O[C@@H]3[C@H]1O. The van der Waals surface area contributed by atoms with Crippen LogP contribution >= 0.6 is 11.6 Å². The number of hydrogen-bond acceptors (Lipinski definition) is 6. The molecule has 1 spiro atoms. The number of benzene rings is 1. The number of hydrogen-bond donors (Lipinski definition) is 4. The molecule has 7 nitrogen and oxygen atoms in total. The number of halogens is 1. The lowest BCUT2D eigenvalue weighted by Gasteiger charge is -2.66. The first-order valence-electron chi connectivity index (χ1n) is 16.6. The molecule has 0 unspecified atom stereocenters. The van der Waals surface area contributed by atoms with Crippen LogP contribution in [0.3, 0.4) is 0 Å². The highest BCUT2D eigenvalue weighted by Gasteiger charge is 2.86. The second-order valence-electron chi connectivity index (χ2n) is 16.2. The fraction of sp³-hybridized carbons (Fsp3) is 0.667. The minimum atomic E-state index is -1.23. The standard InChI is InChI=1S/C36H42ClNO6/c1-14(2)28-27(39)31-36(44-31)23(43-28)8-9-32(5)33(6)18(7-10-34(32,36)40)29-25-24-22(38-30(25)33)13-21(37)17-11-15(3)19-12-20(16(4)42-29)35(19,41)26(17)24/h13,16,18-20,23,27-29,31,38-41H,1,3,7-12H2,2,4-6H3/t16-,18+,19-,20-,23+,27+,28-,29+,31-,32-,33-,34+,35-,36+/m1/s1. The minimum Gasteiger partial charge on any atom is -0.387 e. The molecule has 234 valence electrons. The van der Waals surface area contributed by atoms with Crippen LogP contribution in [0, 0.1) is 23.2 Å². The van der Waals surface area contributed by atoms with Gasteiger partial charge in [-0.05, 0) is 75.1 Å². The van der Waals surface area contributed by atoms with Crippen molar-refractivity contribution in [3.63, 3.8) is 0 Å². The zero-order valence-electron chi connectivity index (χ0n) is 25.9. The van der Waals surface area contributed by atoms with Gasteiger partial charge in [-0.3, -0.25) is 0 Å². The monoisotopic (exact) mass is 619 g/mol. The molecule has 4 heterocycles. The second-order valence-corrected chi connectivity index (χ2v) is 16.6. The predicted octanol–water partition coefficient (Wildman–Crippen LogP) is 5.27. The molecule has 0 amide bonds. The van der Waals surface area contributed by atoms with Crippen LogP contribution in [0.1, 0.15) is 88.3 Å². The van der Waals surface area contributed by atoms with Crippen molar-refractivity contribution in [1.82, 2.24) is 4.98 Å². The van der Waals surface area contributed by atoms with E-state index in [-0.39, 0.29) is 36.1 Å². The molecule has 2 saturated heterocycles. The first-order chi connectivity index (χ1) is 20.8. The number of rotatable bonds is 1. The van der Waals surface area contributed by atoms with Gasteiger partial charge in [0.05, 0.1) is 18.3 Å². The van der Waals surface area contributed by atoms with Gasteiger partial charge in [-0.15, -0.1) is 0 Å². The zero-order valence-corrected chi connectivity index (χ0v) is 26.6. The summed E-state index contributed by atoms with van der Waals surface area (Å²) in [7, 11) is 0. The summed E-state index contributed by atoms with van der Waals surface area (Å²) in [5.41, 5.74) is 2.59. The molecule has 5 aliphatic carbocycles. The van der Waals surface area contributed by atoms with Crippen LogP contribution in [0.5, 0.6) is 0 Å². The summed E-state index contributed by atoms with van der Waals surface area (Å²) in [6, 6.07) is 2.02. The van der Waals surface area contributed by atoms with Gasteiger partial charge in [-0.1, -0.05) is 44.2 Å². The van der Waals surface area contributed by atoms with Crippen LogP contribution in [0.2, 0.25) is 5.02 Å². The second kappa shape index (κ2) is 7.70. The molecule has 0 radical (unpaired) electrons. The van der Waals surface area contributed by atoms with Crippen molar-refractivity contribution in [1.29, 1.82) is 0 Å². The summed E-state index contributed by atoms with van der Waals surface area (Å²) in [6.45, 7) is 17.0. The van der Waals surface area contributed by atoms with Crippen molar-refractivity contribution < 1.29 is 29.5 Å². The van der Waals surface area contributed by atoms with Gasteiger partial charge < -0.3 is 34.5 Å². The third kappa shape index (κ3) is 2.48. The summed E-state index contributed by atoms with van der Waals surface area (Å²) in [5, 5.41) is 38.9. The van der Waals surface area contributed by atoms with Crippen LogP contribution in [-0.4, -0.2) is 62.0 Å². The van der Waals surface area contributed by atoms with E-state index in [4.69, 9.17) is 25.8 Å². The van der Waals surface area contributed by atoms with E-state index in [1.807, 2.05) is 13.0 Å². The largest absolute Gasteiger partial charge is 0.387 e. The van der Waals surface area contributed by atoms with Crippen molar-refractivity contribution >= 4 is 22.5 Å². The normalized spacial score (nSPS) is 53.9. The van der Waals surface area contributed by atoms with Gasteiger partial charge in [0.2, 0.25) is 0 Å². The number of aliphatic hydroxyl groups is 3. The lowest BCUT2D eigenvalue weighted by atomic mass is 9.40. The first-order valence-corrected chi connectivity index (χ1v) is 17.0. The summed E-state index contributed by atoms with van der Waals surface area (Å²) in [5.74, 6) is 0.0721. The topological polar surface area (TPSA) is 107 Å². The number of nitrogens with one attached hydrogen (secondary N) is 1. The van der Waals surface area contributed by atoms with Crippen molar-refractivity contribution in [2.24, 2.45) is 23.2 Å². The molecular formula is C36H42ClNO6. The summed E-state index contributed by atoms with van der Waals surface area (Å²) in [4.78, 5) is 3.85. The number of aromatic nitrogens is 1. The number of H-pyrrole nitrogens is 1. The fourth-order valence-corrected chi connectivity index (χ4v) is 12.9. The Morgan fingerprint density at radius 3 is 2.66 bits per heavy atom. The van der Waals surface area contributed by atoms with Gasteiger partial charge in [-0.2, -0.15) is 0 Å². The molecule has 8 heteroatoms. The maximum absolute atomic E-state index is 13.2. The van der Waals surface area contributed by atoms with E-state index in [0.717, 1.165) is 70.1 Å². The molecule has 1 aromatic carbocycles. The van der Waals surface area contributed by atoms with Crippen LogP contribution in [0.15, 0.2) is 30.4 Å². The van der Waals surface area contributed by atoms with Crippen molar-refractivity contribution in [2.45, 2.75) is 125 Å². The maximum Gasteiger partial charge on any atom is 0.153 e. The molecule has 2 aromatic rings. The van der Waals surface area contributed by atoms with E-state index < -0.39 is 45.9 Å². The van der Waals surface area contributed by atoms with Gasteiger partial charge in [0.1, 0.15) is 29.5 Å². The van der Waals surface area contributed by atoms with E-state index in [9.17, 15) is 15.3 Å². The third-order valence-corrected chi connectivity index (χ3v) is 15.2. The lowest BCUT2D eigenvalue weighted by Crippen LogP contribution is -2.76. The van der Waals surface area contributed by atoms with Crippen LogP contribution < -0.4 is 0 Å². The Hall–Kier alpha value is -1.71. The summed E-state index contributed by atoms with van der Waals surface area (Å²) >= 11 is 7.02. The summed E-state index contributed by atoms with van der Waals surface area (Å²) in [6.07, 6.45) is 1.78. The van der Waals surface area contributed by atoms with Crippen molar-refractivity contribution in [3.05, 3.63) is 57.8 Å². The first kappa shape index (κ1) is 27.4. The quantitative estimate of drug-likeness (QED) is 0.256. The Morgan fingerprint density at radius 2 is 1.91 bits per heavy atom. The minimum absolute atomic E-state index is 0.00391. The van der Waals surface area contributed by atoms with Crippen molar-refractivity contribution in [3.8, 4) is 0 Å². The molecule has 14 atom stereocenters.